The molecule has 2 atom stereocenters. The van der Waals surface area contributed by atoms with Gasteiger partial charge in [0.25, 0.3) is 5.91 Å². The van der Waals surface area contributed by atoms with Crippen molar-refractivity contribution in [2.75, 3.05) is 31.0 Å². The lowest BCUT2D eigenvalue weighted by molar-refractivity contribution is -0.141. The molecule has 0 saturated carbocycles. The molecule has 3 amide bonds. The van der Waals surface area contributed by atoms with Crippen LogP contribution in [-0.4, -0.2) is 65.2 Å². The summed E-state index contributed by atoms with van der Waals surface area (Å²) in [6, 6.07) is 11.2. The molecule has 2 rings (SSSR count). The molecule has 2 aromatic rings. The average molecular weight is 560 g/mol. The summed E-state index contributed by atoms with van der Waals surface area (Å²) in [5.74, 6) is 0.509. The Bertz CT molecular complexity index is 1070. The Kier molecular flexibility index (Phi) is 12.4. The predicted octanol–water partition coefficient (Wildman–Crippen LogP) is 5.36. The Balaban J connectivity index is 2.47. The summed E-state index contributed by atoms with van der Waals surface area (Å²) in [6.07, 6.45) is 3.04. The average Bonchev–Trinajstić information content (AvgIpc) is 2.88. The summed E-state index contributed by atoms with van der Waals surface area (Å²) in [5.41, 5.74) is 0.341. The van der Waals surface area contributed by atoms with Gasteiger partial charge in [-0.15, -0.1) is 0 Å². The van der Waals surface area contributed by atoms with E-state index in [2.05, 4.69) is 10.6 Å². The third kappa shape index (κ3) is 10.4. The van der Waals surface area contributed by atoms with Crippen molar-refractivity contribution >= 4 is 35.4 Å². The number of rotatable bonds is 13. The Morgan fingerprint density at radius 1 is 1.05 bits per heavy atom. The van der Waals surface area contributed by atoms with E-state index in [4.69, 9.17) is 9.47 Å². The van der Waals surface area contributed by atoms with Gasteiger partial charge in [0.1, 0.15) is 29.2 Å². The van der Waals surface area contributed by atoms with Crippen molar-refractivity contribution in [3.63, 3.8) is 0 Å². The molecule has 0 aliphatic carbocycles. The normalized spacial score (nSPS) is 12.7. The molecule has 3 N–H and O–H groups in total. The summed E-state index contributed by atoms with van der Waals surface area (Å²) in [4.78, 5) is 42.0. The molecular formula is C29H41N3O6S. The van der Waals surface area contributed by atoms with E-state index in [1.807, 2.05) is 13.2 Å². The molecular weight excluding hydrogens is 518 g/mol. The van der Waals surface area contributed by atoms with Crippen molar-refractivity contribution < 1.29 is 29.0 Å². The van der Waals surface area contributed by atoms with Crippen LogP contribution in [0.5, 0.6) is 11.5 Å². The molecule has 0 heterocycles. The van der Waals surface area contributed by atoms with Crippen LogP contribution in [0, 0.1) is 0 Å². The number of nitrogens with zero attached hydrogens (tertiary/aromatic N) is 1. The van der Waals surface area contributed by atoms with E-state index >= 15 is 0 Å². The smallest absolute Gasteiger partial charge is 0.408 e. The minimum atomic E-state index is -1.01. The van der Waals surface area contributed by atoms with Crippen molar-refractivity contribution in [2.24, 2.45) is 0 Å². The lowest BCUT2D eigenvalue weighted by Crippen LogP contribution is -2.52. The predicted molar refractivity (Wildman–Crippen MR) is 155 cm³/mol. The van der Waals surface area contributed by atoms with E-state index in [0.717, 1.165) is 6.42 Å². The van der Waals surface area contributed by atoms with Crippen molar-refractivity contribution in [1.82, 2.24) is 10.2 Å². The first-order valence-corrected chi connectivity index (χ1v) is 14.4. The fourth-order valence-electron chi connectivity index (χ4n) is 3.85. The number of thioether (sulfide) groups is 1. The Labute approximate surface area is 235 Å². The number of methoxy groups -OCH3 is 1. The molecule has 39 heavy (non-hydrogen) atoms. The number of nitrogens with one attached hydrogen (secondary N) is 2. The molecule has 0 fully saturated rings. The van der Waals surface area contributed by atoms with E-state index in [1.54, 1.807) is 76.0 Å². The van der Waals surface area contributed by atoms with Gasteiger partial charge in [-0.25, -0.2) is 4.79 Å². The van der Waals surface area contributed by atoms with E-state index in [-0.39, 0.29) is 11.7 Å². The largest absolute Gasteiger partial charge is 0.508 e. The van der Waals surface area contributed by atoms with Crippen LogP contribution < -0.4 is 15.4 Å². The van der Waals surface area contributed by atoms with Crippen molar-refractivity contribution in [3.8, 4) is 11.5 Å². The lowest BCUT2D eigenvalue weighted by atomic mass is 10.0. The maximum atomic E-state index is 14.1. The highest BCUT2D eigenvalue weighted by molar-refractivity contribution is 7.98. The van der Waals surface area contributed by atoms with Crippen LogP contribution in [0.4, 0.5) is 10.5 Å². The quantitative estimate of drug-likeness (QED) is 0.303. The zero-order chi connectivity index (χ0) is 29.0. The van der Waals surface area contributed by atoms with Gasteiger partial charge in [0.15, 0.2) is 0 Å². The van der Waals surface area contributed by atoms with E-state index < -0.39 is 29.7 Å². The number of amides is 3. The third-order valence-corrected chi connectivity index (χ3v) is 6.41. The fourth-order valence-corrected chi connectivity index (χ4v) is 4.32. The molecule has 9 nitrogen and oxygen atoms in total. The van der Waals surface area contributed by atoms with E-state index in [1.165, 1.54) is 17.0 Å². The van der Waals surface area contributed by atoms with Gasteiger partial charge < -0.3 is 30.1 Å². The first-order chi connectivity index (χ1) is 18.5. The number of unbranched alkanes of at least 4 members (excludes halogenated alkanes) is 1. The van der Waals surface area contributed by atoms with Gasteiger partial charge in [0, 0.05) is 12.2 Å². The zero-order valence-corrected chi connectivity index (χ0v) is 24.5. The van der Waals surface area contributed by atoms with Crippen LogP contribution in [0.1, 0.15) is 58.6 Å². The molecule has 0 radical (unpaired) electrons. The van der Waals surface area contributed by atoms with Gasteiger partial charge in [-0.2, -0.15) is 11.8 Å². The highest BCUT2D eigenvalue weighted by Crippen LogP contribution is 2.27. The highest BCUT2D eigenvalue weighted by atomic mass is 32.2. The summed E-state index contributed by atoms with van der Waals surface area (Å²) < 4.78 is 10.6. The standard InChI is InChI=1S/C29H41N3O6S/c1-7-8-18-32(27(35)24(17-19-39-6)31-28(36)38-29(2,3)4)25(20-9-13-22(33)14-10-20)26(34)30-21-11-15-23(37-5)16-12-21/h9-16,24-25,33H,7-8,17-19H2,1-6H3,(H,30,34)(H,31,36). The number of hydrogen-bond acceptors (Lipinski definition) is 7. The van der Waals surface area contributed by atoms with Crippen molar-refractivity contribution in [2.45, 2.75) is 64.6 Å². The number of benzene rings is 2. The summed E-state index contributed by atoms with van der Waals surface area (Å²) in [5, 5.41) is 15.5. The number of phenols is 1. The topological polar surface area (TPSA) is 117 Å². The number of hydrogen-bond donors (Lipinski definition) is 3. The van der Waals surface area contributed by atoms with Crippen LogP contribution >= 0.6 is 11.8 Å². The SMILES string of the molecule is CCCCN(C(=O)C(CCSC)NC(=O)OC(C)(C)C)C(C(=O)Nc1ccc(OC)cc1)c1ccc(O)cc1. The van der Waals surface area contributed by atoms with Gasteiger partial charge in [0.05, 0.1) is 7.11 Å². The fraction of sp³-hybridized carbons (Fsp3) is 0.483. The molecule has 214 valence electrons. The van der Waals surface area contributed by atoms with Crippen molar-refractivity contribution in [1.29, 1.82) is 0 Å². The van der Waals surface area contributed by atoms with Gasteiger partial charge in [-0.1, -0.05) is 25.5 Å². The van der Waals surface area contributed by atoms with Gasteiger partial charge in [-0.3, -0.25) is 9.59 Å². The molecule has 0 spiro atoms. The number of carbonyl (C=O) groups is 3. The molecule has 10 heteroatoms. The molecule has 0 aliphatic rings. The minimum Gasteiger partial charge on any atom is -0.508 e. The van der Waals surface area contributed by atoms with E-state index in [0.29, 0.717) is 42.1 Å². The Hall–Kier alpha value is -3.40. The maximum absolute atomic E-state index is 14.1. The number of aromatic hydroxyl groups is 1. The van der Waals surface area contributed by atoms with Crippen LogP contribution in [0.15, 0.2) is 48.5 Å². The first kappa shape index (κ1) is 31.8. The number of ether oxygens (including phenoxy) is 2. The second-order valence-corrected chi connectivity index (χ2v) is 11.1. The van der Waals surface area contributed by atoms with Gasteiger partial charge in [0.2, 0.25) is 5.91 Å². The van der Waals surface area contributed by atoms with Gasteiger partial charge >= 0.3 is 6.09 Å². The van der Waals surface area contributed by atoms with Gasteiger partial charge in [-0.05, 0) is 87.6 Å². The Morgan fingerprint density at radius 2 is 1.69 bits per heavy atom. The molecule has 0 saturated heterocycles. The highest BCUT2D eigenvalue weighted by Gasteiger charge is 2.36. The number of anilines is 1. The Morgan fingerprint density at radius 3 is 2.23 bits per heavy atom. The second-order valence-electron chi connectivity index (χ2n) is 10.1. The molecule has 0 aromatic heterocycles. The molecule has 2 unspecified atom stereocenters. The number of carbonyl (C=O) groups excluding carboxylic acids is 3. The summed E-state index contributed by atoms with van der Waals surface area (Å²) >= 11 is 1.55. The second kappa shape index (κ2) is 15.3. The molecule has 0 bridgehead atoms. The number of phenolic OH excluding ortho intramolecular Hbond substituents is 1. The minimum absolute atomic E-state index is 0.0453. The summed E-state index contributed by atoms with van der Waals surface area (Å²) in [6.45, 7) is 7.55. The zero-order valence-electron chi connectivity index (χ0n) is 23.7. The molecule has 0 aliphatic heterocycles. The first-order valence-electron chi connectivity index (χ1n) is 13.0. The number of alkyl carbamates (subject to hydrolysis) is 1. The summed E-state index contributed by atoms with van der Waals surface area (Å²) in [7, 11) is 1.56. The maximum Gasteiger partial charge on any atom is 0.408 e. The van der Waals surface area contributed by atoms with Crippen LogP contribution in [0.2, 0.25) is 0 Å². The van der Waals surface area contributed by atoms with E-state index in [9.17, 15) is 19.5 Å². The lowest BCUT2D eigenvalue weighted by Gasteiger charge is -2.34. The molecule has 2 aromatic carbocycles. The van der Waals surface area contributed by atoms with Crippen LogP contribution in [0.3, 0.4) is 0 Å². The third-order valence-electron chi connectivity index (χ3n) is 5.76. The monoisotopic (exact) mass is 559 g/mol. The van der Waals surface area contributed by atoms with Crippen LogP contribution in [-0.2, 0) is 14.3 Å². The van der Waals surface area contributed by atoms with Crippen LogP contribution in [0.25, 0.3) is 0 Å². The van der Waals surface area contributed by atoms with Crippen molar-refractivity contribution in [3.05, 3.63) is 54.1 Å².